The highest BCUT2D eigenvalue weighted by Gasteiger charge is 2.36. The molecule has 4 heteroatoms. The molecule has 0 aliphatic heterocycles. The second-order valence-electron chi connectivity index (χ2n) is 6.30. The normalized spacial score (nSPS) is 26.4. The minimum Gasteiger partial charge on any atom is -0.399 e. The second kappa shape index (κ2) is 4.48. The van der Waals surface area contributed by atoms with Crippen LogP contribution >= 0.6 is 0 Å². The van der Waals surface area contributed by atoms with E-state index in [-0.39, 0.29) is 6.61 Å². The highest BCUT2D eigenvalue weighted by molar-refractivity contribution is 5.80. The van der Waals surface area contributed by atoms with Gasteiger partial charge in [-0.25, -0.2) is 4.98 Å². The number of hydrogen-bond donors (Lipinski definition) is 2. The molecule has 1 aromatic carbocycles. The average Bonchev–Trinajstić information content (AvgIpc) is 3.07. The van der Waals surface area contributed by atoms with Crippen molar-refractivity contribution in [3.63, 3.8) is 0 Å². The third-order valence-corrected chi connectivity index (χ3v) is 4.87. The number of nitrogen functional groups attached to an aromatic ring is 1. The molecule has 20 heavy (non-hydrogen) atoms. The summed E-state index contributed by atoms with van der Waals surface area (Å²) >= 11 is 0. The van der Waals surface area contributed by atoms with E-state index in [2.05, 4.69) is 10.6 Å². The summed E-state index contributed by atoms with van der Waals surface area (Å²) in [7, 11) is 0. The number of aliphatic hydroxyl groups is 1. The van der Waals surface area contributed by atoms with Crippen LogP contribution in [0.2, 0.25) is 0 Å². The number of imidazole rings is 1. The summed E-state index contributed by atoms with van der Waals surface area (Å²) < 4.78 is 2.42. The zero-order valence-electron chi connectivity index (χ0n) is 11.6. The van der Waals surface area contributed by atoms with Crippen molar-refractivity contribution in [3.8, 4) is 0 Å². The number of hydrogen-bond acceptors (Lipinski definition) is 3. The Morgan fingerprint density at radius 1 is 1.25 bits per heavy atom. The van der Waals surface area contributed by atoms with Crippen molar-refractivity contribution in [1.82, 2.24) is 9.55 Å². The Morgan fingerprint density at radius 2 is 2.10 bits per heavy atom. The molecule has 2 atom stereocenters. The molecule has 2 unspecified atom stereocenters. The maximum atomic E-state index is 9.64. The van der Waals surface area contributed by atoms with E-state index in [0.29, 0.717) is 17.9 Å². The Kier molecular flexibility index (Phi) is 2.74. The lowest BCUT2D eigenvalue weighted by Gasteiger charge is -2.22. The standard InChI is InChI=1S/C16H21N3O/c17-12-6-7-15-13(8-12)18-16(10-4-5-10)19(15)14-3-1-2-11(14)9-20/h6-8,10-11,14,20H,1-5,9,17H2. The first-order valence-corrected chi connectivity index (χ1v) is 7.66. The van der Waals surface area contributed by atoms with E-state index in [1.165, 1.54) is 30.6 Å². The zero-order valence-corrected chi connectivity index (χ0v) is 11.6. The maximum absolute atomic E-state index is 9.64. The number of nitrogens with zero attached hydrogens (tertiary/aromatic N) is 2. The molecular formula is C16H21N3O. The highest BCUT2D eigenvalue weighted by atomic mass is 16.3. The van der Waals surface area contributed by atoms with E-state index in [4.69, 9.17) is 10.7 Å². The molecule has 0 saturated heterocycles. The lowest BCUT2D eigenvalue weighted by molar-refractivity contribution is 0.196. The van der Waals surface area contributed by atoms with Gasteiger partial charge in [0.25, 0.3) is 0 Å². The first kappa shape index (κ1) is 12.2. The largest absolute Gasteiger partial charge is 0.399 e. The van der Waals surface area contributed by atoms with Gasteiger partial charge in [0.1, 0.15) is 5.82 Å². The van der Waals surface area contributed by atoms with Crippen molar-refractivity contribution in [2.24, 2.45) is 5.92 Å². The predicted molar refractivity (Wildman–Crippen MR) is 79.6 cm³/mol. The smallest absolute Gasteiger partial charge is 0.113 e. The quantitative estimate of drug-likeness (QED) is 0.844. The van der Waals surface area contributed by atoms with Crippen LogP contribution in [0.3, 0.4) is 0 Å². The minimum absolute atomic E-state index is 0.281. The van der Waals surface area contributed by atoms with Crippen molar-refractivity contribution in [1.29, 1.82) is 0 Å². The van der Waals surface area contributed by atoms with Gasteiger partial charge in [-0.3, -0.25) is 0 Å². The summed E-state index contributed by atoms with van der Waals surface area (Å²) in [5.41, 5.74) is 8.86. The van der Waals surface area contributed by atoms with E-state index in [1.54, 1.807) is 0 Å². The lowest BCUT2D eigenvalue weighted by Crippen LogP contribution is -2.19. The van der Waals surface area contributed by atoms with Gasteiger partial charge in [0.15, 0.2) is 0 Å². The summed E-state index contributed by atoms with van der Waals surface area (Å²) in [5, 5.41) is 9.64. The molecule has 2 aliphatic carbocycles. The molecule has 0 radical (unpaired) electrons. The molecule has 4 rings (SSSR count). The van der Waals surface area contributed by atoms with Gasteiger partial charge in [0.2, 0.25) is 0 Å². The number of aliphatic hydroxyl groups excluding tert-OH is 1. The van der Waals surface area contributed by atoms with Crippen LogP contribution in [0.1, 0.15) is 49.9 Å². The van der Waals surface area contributed by atoms with Crippen molar-refractivity contribution in [2.75, 3.05) is 12.3 Å². The van der Waals surface area contributed by atoms with Crippen LogP contribution in [-0.2, 0) is 0 Å². The third kappa shape index (κ3) is 1.82. The first-order valence-electron chi connectivity index (χ1n) is 7.66. The van der Waals surface area contributed by atoms with Crippen molar-refractivity contribution < 1.29 is 5.11 Å². The van der Waals surface area contributed by atoms with Gasteiger partial charge in [-0.05, 0) is 43.9 Å². The maximum Gasteiger partial charge on any atom is 0.113 e. The van der Waals surface area contributed by atoms with Crippen LogP contribution in [0, 0.1) is 5.92 Å². The fraction of sp³-hybridized carbons (Fsp3) is 0.562. The molecule has 0 spiro atoms. The Bertz CT molecular complexity index is 644. The number of nitrogens with two attached hydrogens (primary N) is 1. The summed E-state index contributed by atoms with van der Waals surface area (Å²) in [6, 6.07) is 6.43. The Labute approximate surface area is 118 Å². The number of rotatable bonds is 3. The molecule has 1 heterocycles. The van der Waals surface area contributed by atoms with Crippen molar-refractivity contribution in [3.05, 3.63) is 24.0 Å². The Morgan fingerprint density at radius 3 is 2.85 bits per heavy atom. The fourth-order valence-electron chi connectivity index (χ4n) is 3.68. The van der Waals surface area contributed by atoms with Gasteiger partial charge in [-0.15, -0.1) is 0 Å². The minimum atomic E-state index is 0.281. The van der Waals surface area contributed by atoms with Crippen LogP contribution in [0.25, 0.3) is 11.0 Å². The van der Waals surface area contributed by atoms with Crippen LogP contribution in [0.5, 0.6) is 0 Å². The van der Waals surface area contributed by atoms with Crippen LogP contribution in [0.4, 0.5) is 5.69 Å². The predicted octanol–water partition coefficient (Wildman–Crippen LogP) is 2.83. The molecule has 1 aromatic heterocycles. The second-order valence-corrected chi connectivity index (χ2v) is 6.30. The number of anilines is 1. The van der Waals surface area contributed by atoms with Gasteiger partial charge in [0, 0.05) is 30.2 Å². The molecule has 2 saturated carbocycles. The monoisotopic (exact) mass is 271 g/mol. The topological polar surface area (TPSA) is 64.1 Å². The summed E-state index contributed by atoms with van der Waals surface area (Å²) in [6.07, 6.45) is 5.97. The molecule has 2 fully saturated rings. The van der Waals surface area contributed by atoms with Crippen molar-refractivity contribution in [2.45, 2.75) is 44.1 Å². The van der Waals surface area contributed by atoms with Gasteiger partial charge < -0.3 is 15.4 Å². The molecule has 0 bridgehead atoms. The third-order valence-electron chi connectivity index (χ3n) is 4.87. The van der Waals surface area contributed by atoms with Crippen LogP contribution in [-0.4, -0.2) is 21.3 Å². The molecule has 0 amide bonds. The number of aromatic nitrogens is 2. The van der Waals surface area contributed by atoms with E-state index >= 15 is 0 Å². The SMILES string of the molecule is Nc1ccc2c(c1)nc(C1CC1)n2C1CCCC1CO. The molecular weight excluding hydrogens is 250 g/mol. The number of benzene rings is 1. The fourth-order valence-corrected chi connectivity index (χ4v) is 3.68. The van der Waals surface area contributed by atoms with Gasteiger partial charge in [-0.1, -0.05) is 6.42 Å². The van der Waals surface area contributed by atoms with Gasteiger partial charge in [-0.2, -0.15) is 0 Å². The van der Waals surface area contributed by atoms with Gasteiger partial charge in [0.05, 0.1) is 11.0 Å². The summed E-state index contributed by atoms with van der Waals surface area (Å²) in [4.78, 5) is 4.85. The molecule has 4 nitrogen and oxygen atoms in total. The van der Waals surface area contributed by atoms with E-state index in [0.717, 1.165) is 24.0 Å². The van der Waals surface area contributed by atoms with Crippen molar-refractivity contribution >= 4 is 16.7 Å². The summed E-state index contributed by atoms with van der Waals surface area (Å²) in [6.45, 7) is 0.281. The average molecular weight is 271 g/mol. The van der Waals surface area contributed by atoms with Gasteiger partial charge >= 0.3 is 0 Å². The van der Waals surface area contributed by atoms with E-state index in [1.807, 2.05) is 12.1 Å². The van der Waals surface area contributed by atoms with Crippen LogP contribution < -0.4 is 5.73 Å². The lowest BCUT2D eigenvalue weighted by atomic mass is 10.0. The Balaban J connectivity index is 1.89. The first-order chi connectivity index (χ1) is 9.78. The van der Waals surface area contributed by atoms with E-state index < -0.39 is 0 Å². The Hall–Kier alpha value is -1.55. The molecule has 2 aromatic rings. The highest BCUT2D eigenvalue weighted by Crippen LogP contribution is 2.45. The zero-order chi connectivity index (χ0) is 13.7. The van der Waals surface area contributed by atoms with Crippen LogP contribution in [0.15, 0.2) is 18.2 Å². The molecule has 2 aliphatic rings. The molecule has 106 valence electrons. The summed E-state index contributed by atoms with van der Waals surface area (Å²) in [5.74, 6) is 2.21. The molecule has 3 N–H and O–H groups in total. The van der Waals surface area contributed by atoms with E-state index in [9.17, 15) is 5.11 Å². The number of fused-ring (bicyclic) bond motifs is 1.